The average molecular weight is 368 g/mol. The highest BCUT2D eigenvalue weighted by atomic mass is 32.2. The van der Waals surface area contributed by atoms with Crippen molar-refractivity contribution in [3.8, 4) is 11.1 Å². The SMILES string of the molecule is Cc1ncsc1C1CC(c2cccc(-c3cncnc3)c2)N=C(N)S1. The maximum absolute atomic E-state index is 6.14. The largest absolute Gasteiger partial charge is 0.379 e. The van der Waals surface area contributed by atoms with Crippen LogP contribution in [-0.2, 0) is 0 Å². The third-order valence-electron chi connectivity index (χ3n) is 4.22. The van der Waals surface area contributed by atoms with E-state index in [1.54, 1.807) is 29.4 Å². The van der Waals surface area contributed by atoms with E-state index in [4.69, 9.17) is 5.73 Å². The van der Waals surface area contributed by atoms with Crippen molar-refractivity contribution in [1.29, 1.82) is 0 Å². The van der Waals surface area contributed by atoms with Gasteiger partial charge in [0.05, 0.1) is 22.5 Å². The molecule has 0 saturated heterocycles. The standard InChI is InChI=1S/C18H17N5S2/c1-11-17(24-10-22-11)16-6-15(23-18(19)25-16)13-4-2-3-12(5-13)14-7-20-9-21-8-14/h2-5,7-10,15-16H,6H2,1H3,(H2,19,23). The van der Waals surface area contributed by atoms with Gasteiger partial charge in [0.2, 0.25) is 0 Å². The fourth-order valence-electron chi connectivity index (χ4n) is 3.00. The van der Waals surface area contributed by atoms with Crippen LogP contribution < -0.4 is 5.73 Å². The second kappa shape index (κ2) is 6.93. The van der Waals surface area contributed by atoms with Crippen molar-refractivity contribution in [3.63, 3.8) is 0 Å². The van der Waals surface area contributed by atoms with Crippen LogP contribution in [-0.4, -0.2) is 20.1 Å². The summed E-state index contributed by atoms with van der Waals surface area (Å²) < 4.78 is 0. The van der Waals surface area contributed by atoms with Crippen molar-refractivity contribution in [3.05, 3.63) is 64.6 Å². The number of benzene rings is 1. The van der Waals surface area contributed by atoms with Crippen LogP contribution in [0.1, 0.15) is 33.8 Å². The van der Waals surface area contributed by atoms with Gasteiger partial charge in [0.15, 0.2) is 5.17 Å². The molecule has 25 heavy (non-hydrogen) atoms. The van der Waals surface area contributed by atoms with Gasteiger partial charge in [-0.3, -0.25) is 4.99 Å². The molecule has 0 spiro atoms. The molecule has 1 aliphatic rings. The van der Waals surface area contributed by atoms with E-state index in [1.165, 1.54) is 4.88 Å². The predicted octanol–water partition coefficient (Wildman–Crippen LogP) is 4.14. The first-order valence-electron chi connectivity index (χ1n) is 7.96. The number of thioether (sulfide) groups is 1. The minimum Gasteiger partial charge on any atom is -0.379 e. The number of aryl methyl sites for hydroxylation is 1. The van der Waals surface area contributed by atoms with E-state index in [2.05, 4.69) is 51.1 Å². The monoisotopic (exact) mass is 367 g/mol. The molecule has 2 atom stereocenters. The fourth-order valence-corrected chi connectivity index (χ4v) is 5.14. The van der Waals surface area contributed by atoms with Crippen molar-refractivity contribution < 1.29 is 0 Å². The van der Waals surface area contributed by atoms with E-state index in [0.717, 1.165) is 28.8 Å². The van der Waals surface area contributed by atoms with Crippen LogP contribution in [0.2, 0.25) is 0 Å². The molecule has 126 valence electrons. The van der Waals surface area contributed by atoms with Gasteiger partial charge in [0, 0.05) is 22.8 Å². The molecule has 2 N–H and O–H groups in total. The summed E-state index contributed by atoms with van der Waals surface area (Å²) in [6, 6.07) is 8.45. The smallest absolute Gasteiger partial charge is 0.155 e. The van der Waals surface area contributed by atoms with Crippen LogP contribution in [0.15, 0.2) is 53.5 Å². The predicted molar refractivity (Wildman–Crippen MR) is 104 cm³/mol. The Morgan fingerprint density at radius 2 is 2.00 bits per heavy atom. The number of aliphatic imine (C=N–C) groups is 1. The summed E-state index contributed by atoms with van der Waals surface area (Å²) >= 11 is 3.33. The van der Waals surface area contributed by atoms with Crippen molar-refractivity contribution in [2.24, 2.45) is 10.7 Å². The number of hydrogen-bond donors (Lipinski definition) is 1. The van der Waals surface area contributed by atoms with Gasteiger partial charge >= 0.3 is 0 Å². The second-order valence-electron chi connectivity index (χ2n) is 5.88. The minimum atomic E-state index is 0.0531. The molecule has 5 nitrogen and oxygen atoms in total. The molecule has 3 heterocycles. The lowest BCUT2D eigenvalue weighted by Gasteiger charge is -2.26. The molecule has 0 bridgehead atoms. The Kier molecular flexibility index (Phi) is 4.50. The zero-order valence-electron chi connectivity index (χ0n) is 13.7. The molecule has 7 heteroatoms. The highest BCUT2D eigenvalue weighted by Crippen LogP contribution is 2.45. The van der Waals surface area contributed by atoms with Gasteiger partial charge in [0.1, 0.15) is 6.33 Å². The van der Waals surface area contributed by atoms with E-state index in [-0.39, 0.29) is 6.04 Å². The lowest BCUT2D eigenvalue weighted by molar-refractivity contribution is 0.642. The molecule has 1 aromatic carbocycles. The molecular weight excluding hydrogens is 350 g/mol. The van der Waals surface area contributed by atoms with Crippen LogP contribution in [0.25, 0.3) is 11.1 Å². The van der Waals surface area contributed by atoms with Crippen LogP contribution >= 0.6 is 23.1 Å². The molecule has 1 aliphatic heterocycles. The third-order valence-corrected chi connectivity index (χ3v) is 6.48. The summed E-state index contributed by atoms with van der Waals surface area (Å²) in [4.78, 5) is 18.6. The molecule has 0 radical (unpaired) electrons. The average Bonchev–Trinajstić information content (AvgIpc) is 3.08. The number of nitrogens with two attached hydrogens (primary N) is 1. The molecule has 4 rings (SSSR count). The Morgan fingerprint density at radius 1 is 1.16 bits per heavy atom. The van der Waals surface area contributed by atoms with Gasteiger partial charge in [-0.2, -0.15) is 0 Å². The molecule has 0 fully saturated rings. The van der Waals surface area contributed by atoms with Crippen LogP contribution in [0.5, 0.6) is 0 Å². The zero-order valence-corrected chi connectivity index (χ0v) is 15.3. The Morgan fingerprint density at radius 3 is 2.76 bits per heavy atom. The Balaban J connectivity index is 1.65. The van der Waals surface area contributed by atoms with E-state index in [9.17, 15) is 0 Å². The quantitative estimate of drug-likeness (QED) is 0.753. The summed E-state index contributed by atoms with van der Waals surface area (Å²) in [5.74, 6) is 0. The van der Waals surface area contributed by atoms with E-state index < -0.39 is 0 Å². The van der Waals surface area contributed by atoms with Crippen molar-refractivity contribution >= 4 is 28.3 Å². The second-order valence-corrected chi connectivity index (χ2v) is 7.99. The molecule has 0 saturated carbocycles. The van der Waals surface area contributed by atoms with E-state index in [1.807, 2.05) is 17.9 Å². The van der Waals surface area contributed by atoms with Gasteiger partial charge in [0.25, 0.3) is 0 Å². The molecular formula is C18H17N5S2. The number of hydrogen-bond acceptors (Lipinski definition) is 7. The summed E-state index contributed by atoms with van der Waals surface area (Å²) in [7, 11) is 0. The normalized spacial score (nSPS) is 20.3. The van der Waals surface area contributed by atoms with E-state index in [0.29, 0.717) is 10.4 Å². The molecule has 2 unspecified atom stereocenters. The lowest BCUT2D eigenvalue weighted by atomic mass is 9.97. The van der Waals surface area contributed by atoms with Gasteiger partial charge < -0.3 is 5.73 Å². The highest BCUT2D eigenvalue weighted by Gasteiger charge is 2.28. The van der Waals surface area contributed by atoms with Gasteiger partial charge in [-0.1, -0.05) is 30.0 Å². The molecule has 0 amide bonds. The fraction of sp³-hybridized carbons (Fsp3) is 0.222. The Hall–Kier alpha value is -2.25. The molecule has 2 aromatic heterocycles. The maximum atomic E-state index is 6.14. The van der Waals surface area contributed by atoms with Gasteiger partial charge in [-0.25, -0.2) is 15.0 Å². The molecule has 3 aromatic rings. The number of nitrogens with zero attached hydrogens (tertiary/aromatic N) is 4. The number of rotatable bonds is 3. The topological polar surface area (TPSA) is 77.0 Å². The van der Waals surface area contributed by atoms with Gasteiger partial charge in [-0.15, -0.1) is 11.3 Å². The summed E-state index contributed by atoms with van der Waals surface area (Å²) in [6.07, 6.45) is 6.11. The first-order chi connectivity index (χ1) is 12.2. The summed E-state index contributed by atoms with van der Waals surface area (Å²) in [5.41, 5.74) is 12.4. The third kappa shape index (κ3) is 3.43. The van der Waals surface area contributed by atoms with Gasteiger partial charge in [-0.05, 0) is 30.5 Å². The summed E-state index contributed by atoms with van der Waals surface area (Å²) in [5, 5.41) is 0.946. The number of aromatic nitrogens is 3. The van der Waals surface area contributed by atoms with E-state index >= 15 is 0 Å². The van der Waals surface area contributed by atoms with Crippen molar-refractivity contribution in [2.45, 2.75) is 24.6 Å². The number of amidine groups is 1. The maximum Gasteiger partial charge on any atom is 0.155 e. The Labute approximate surface area is 154 Å². The minimum absolute atomic E-state index is 0.0531. The lowest BCUT2D eigenvalue weighted by Crippen LogP contribution is -2.18. The molecule has 0 aliphatic carbocycles. The number of thiazole rings is 1. The summed E-state index contributed by atoms with van der Waals surface area (Å²) in [6.45, 7) is 2.05. The Bertz CT molecular complexity index is 907. The first-order valence-corrected chi connectivity index (χ1v) is 9.72. The first kappa shape index (κ1) is 16.2. The zero-order chi connectivity index (χ0) is 17.2. The van der Waals surface area contributed by atoms with Crippen molar-refractivity contribution in [2.75, 3.05) is 0 Å². The van der Waals surface area contributed by atoms with Crippen LogP contribution in [0.3, 0.4) is 0 Å². The van der Waals surface area contributed by atoms with Crippen LogP contribution in [0.4, 0.5) is 0 Å². The van der Waals surface area contributed by atoms with Crippen LogP contribution in [0, 0.1) is 6.92 Å². The van der Waals surface area contributed by atoms with Crippen molar-refractivity contribution in [1.82, 2.24) is 15.0 Å². The highest BCUT2D eigenvalue weighted by molar-refractivity contribution is 8.14.